The number of piperidine rings is 2. The van der Waals surface area contributed by atoms with Crippen LogP contribution < -0.4 is 15.2 Å². The number of ether oxygens (including phenoxy) is 2. The van der Waals surface area contributed by atoms with Crippen molar-refractivity contribution in [2.75, 3.05) is 103 Å². The minimum atomic E-state index is -0.654. The van der Waals surface area contributed by atoms with Gasteiger partial charge < -0.3 is 39.4 Å². The standard InChI is InChI=1S/C67H89ClN12O7/c1-64(2,3)87-63(85)80-61(67(80)26-31-76(32-27-67)57-53-20-28-69-56(53)70-45-71-57)72-54(46-16-18-52(68)19-17-46)21-30-74-33-39-78(40-34-74)62(84)65-22-24-66(25-23-65,86-44-65)43-75-35-37-77(38-36-75)60(83)55(47-9-5-4-6-10-47)73-58(81)50-12-7-11-49(41-50)51-13-8-29-79(42-51)59(82)48-14-15-48/h7,11-12,16-20,28,41,45,47-48,51,54-55H,4-6,8-10,13-15,21-27,29-40,42-44H2,1-3H3,(H,73,81)(H,69,70,71)/p+1/t51?,54-,55+,65?,66?,80?/m0/s1. The van der Waals surface area contributed by atoms with E-state index in [2.05, 4.69) is 63.1 Å². The van der Waals surface area contributed by atoms with Crippen LogP contribution in [0.25, 0.3) is 11.0 Å². The number of likely N-dealkylation sites (tertiary alicyclic amines) is 1. The summed E-state index contributed by atoms with van der Waals surface area (Å²) in [4.78, 5) is 102. The molecule has 0 radical (unpaired) electrons. The highest BCUT2D eigenvalue weighted by Crippen LogP contribution is 2.51. The Morgan fingerprint density at radius 2 is 1.51 bits per heavy atom. The van der Waals surface area contributed by atoms with Crippen molar-refractivity contribution in [2.24, 2.45) is 17.3 Å². The van der Waals surface area contributed by atoms with Gasteiger partial charge in [-0.25, -0.2) is 9.97 Å². The van der Waals surface area contributed by atoms with Gasteiger partial charge in [-0.05, 0) is 132 Å². The number of amidine groups is 1. The Bertz CT molecular complexity index is 3180. The molecule has 14 rings (SSSR count). The minimum Gasteiger partial charge on any atom is -0.425 e. The summed E-state index contributed by atoms with van der Waals surface area (Å²) in [7, 11) is 0. The number of nitrogens with zero attached hydrogens (tertiary/aromatic N) is 9. The Morgan fingerprint density at radius 3 is 2.21 bits per heavy atom. The van der Waals surface area contributed by atoms with Gasteiger partial charge in [-0.15, -0.1) is 4.90 Å². The molecule has 466 valence electrons. The molecule has 3 saturated carbocycles. The number of anilines is 1. The Labute approximate surface area is 517 Å². The van der Waals surface area contributed by atoms with Gasteiger partial charge in [0.2, 0.25) is 23.3 Å². The van der Waals surface area contributed by atoms with Gasteiger partial charge in [-0.3, -0.25) is 34.0 Å². The fourth-order valence-corrected chi connectivity index (χ4v) is 15.9. The van der Waals surface area contributed by atoms with E-state index >= 15 is 0 Å². The molecule has 87 heavy (non-hydrogen) atoms. The summed E-state index contributed by atoms with van der Waals surface area (Å²) in [5, 5.41) is 4.93. The zero-order valence-corrected chi connectivity index (χ0v) is 52.2. The molecule has 7 saturated heterocycles. The van der Waals surface area contributed by atoms with Crippen molar-refractivity contribution in [2.45, 2.75) is 158 Å². The van der Waals surface area contributed by atoms with E-state index < -0.39 is 22.6 Å². The van der Waals surface area contributed by atoms with Crippen LogP contribution in [-0.2, 0) is 23.9 Å². The van der Waals surface area contributed by atoms with Crippen LogP contribution in [0.2, 0.25) is 5.02 Å². The van der Waals surface area contributed by atoms with Crippen LogP contribution >= 0.6 is 11.6 Å². The summed E-state index contributed by atoms with van der Waals surface area (Å²) in [6, 6.07) is 17.2. The van der Waals surface area contributed by atoms with Gasteiger partial charge in [-0.1, -0.05) is 55.1 Å². The highest BCUT2D eigenvalue weighted by Gasteiger charge is 2.74. The zero-order valence-electron chi connectivity index (χ0n) is 51.4. The van der Waals surface area contributed by atoms with Crippen LogP contribution in [-0.4, -0.2) is 201 Å². The second kappa shape index (κ2) is 24.7. The number of hydrogen-bond acceptors (Lipinski definition) is 12. The maximum Gasteiger partial charge on any atom is 0.508 e. The molecule has 3 N–H and O–H groups in total. The molecular formula is C67H90ClN12O7+. The third kappa shape index (κ3) is 12.7. The molecule has 2 bridgehead atoms. The van der Waals surface area contributed by atoms with E-state index in [0.717, 1.165) is 182 Å². The summed E-state index contributed by atoms with van der Waals surface area (Å²) in [6.07, 6.45) is 17.8. The minimum absolute atomic E-state index is 0.0290. The van der Waals surface area contributed by atoms with Gasteiger partial charge in [0.15, 0.2) is 0 Å². The lowest BCUT2D eigenvalue weighted by molar-refractivity contribution is -0.511. The molecule has 19 nitrogen and oxygen atoms in total. The smallest absolute Gasteiger partial charge is 0.425 e. The summed E-state index contributed by atoms with van der Waals surface area (Å²) in [5.41, 5.74) is 1.62. The Kier molecular flexibility index (Phi) is 17.0. The molecule has 2 aromatic carbocycles. The van der Waals surface area contributed by atoms with Crippen LogP contribution in [0.15, 0.2) is 67.1 Å². The first kappa shape index (κ1) is 59.8. The largest absolute Gasteiger partial charge is 0.508 e. The molecule has 3 atom stereocenters. The zero-order chi connectivity index (χ0) is 60.1. The molecule has 10 fully saturated rings. The lowest BCUT2D eigenvalue weighted by atomic mass is 9.65. The number of piperazine rings is 2. The molecule has 4 aromatic rings. The third-order valence-corrected chi connectivity index (χ3v) is 21.4. The predicted molar refractivity (Wildman–Crippen MR) is 332 cm³/mol. The Morgan fingerprint density at radius 1 is 0.782 bits per heavy atom. The number of carbonyl (C=O) groups excluding carboxylic acids is 5. The fourth-order valence-electron chi connectivity index (χ4n) is 15.8. The van der Waals surface area contributed by atoms with E-state index in [4.69, 9.17) is 21.1 Å². The Balaban J connectivity index is 0.591. The number of hydrogen-bond donors (Lipinski definition) is 3. The van der Waals surface area contributed by atoms with Crippen molar-refractivity contribution >= 4 is 64.0 Å². The van der Waals surface area contributed by atoms with Crippen LogP contribution in [0.5, 0.6) is 0 Å². The molecule has 9 heterocycles. The van der Waals surface area contributed by atoms with Crippen LogP contribution in [0.1, 0.15) is 157 Å². The maximum absolute atomic E-state index is 14.6. The lowest BCUT2D eigenvalue weighted by Gasteiger charge is -2.55. The number of amides is 5. The molecule has 1 unspecified atom stereocenters. The highest BCUT2D eigenvalue weighted by molar-refractivity contribution is 6.30. The second-order valence-corrected chi connectivity index (χ2v) is 28.5. The molecule has 5 amide bonds. The number of carbonyl (C=O) groups is 5. The first-order chi connectivity index (χ1) is 42.0. The summed E-state index contributed by atoms with van der Waals surface area (Å²) in [6.45, 7) is 16.3. The number of aromatic amines is 1. The van der Waals surface area contributed by atoms with Crippen molar-refractivity contribution in [3.63, 3.8) is 0 Å². The van der Waals surface area contributed by atoms with Crippen LogP contribution in [0.3, 0.4) is 0 Å². The number of rotatable bonds is 15. The third-order valence-electron chi connectivity index (χ3n) is 21.2. The van der Waals surface area contributed by atoms with E-state index in [0.29, 0.717) is 63.0 Å². The van der Waals surface area contributed by atoms with E-state index in [9.17, 15) is 24.0 Å². The molecule has 10 aliphatic rings. The summed E-state index contributed by atoms with van der Waals surface area (Å²) >= 11 is 6.44. The maximum atomic E-state index is 14.6. The van der Waals surface area contributed by atoms with Crippen molar-refractivity contribution in [1.82, 2.24) is 49.7 Å². The second-order valence-electron chi connectivity index (χ2n) is 28.0. The monoisotopic (exact) mass is 1210 g/mol. The lowest BCUT2D eigenvalue weighted by Crippen LogP contribution is -2.74. The van der Waals surface area contributed by atoms with Gasteiger partial charge in [0.1, 0.15) is 35.5 Å². The van der Waals surface area contributed by atoms with Crippen molar-refractivity contribution < 1.29 is 38.4 Å². The van der Waals surface area contributed by atoms with Gasteiger partial charge in [-0.2, -0.15) is 4.79 Å². The SMILES string of the molecule is CC(C)(C)OC(=O)N1C(=[NH+][C@@H](CCN2CCN(C(=O)C34CCC(CN5CCN(C(=O)[C@H](NC(=O)c6cccc(C7CCCN(C(=O)C8CC8)C7)c6)C6CCCCC6)CC5)(CC3)OC4)CC2)c2ccc(Cl)cc2)C12CCN(c1ncnc3[nH]ccc13)CC2. The molecule has 20 heteroatoms. The Hall–Kier alpha value is -6.15. The van der Waals surface area contributed by atoms with Crippen molar-refractivity contribution in [3.8, 4) is 0 Å². The predicted octanol–water partition coefficient (Wildman–Crippen LogP) is 6.92. The first-order valence-corrected chi connectivity index (χ1v) is 33.2. The van der Waals surface area contributed by atoms with Gasteiger partial charge in [0.25, 0.3) is 5.91 Å². The molecule has 1 spiro atoms. The van der Waals surface area contributed by atoms with Gasteiger partial charge >= 0.3 is 11.9 Å². The number of nitrogens with one attached hydrogen (secondary N) is 3. The normalized spacial score (nSPS) is 26.7. The van der Waals surface area contributed by atoms with Crippen molar-refractivity contribution in [3.05, 3.63) is 88.8 Å². The van der Waals surface area contributed by atoms with Gasteiger partial charge in [0, 0.05) is 140 Å². The van der Waals surface area contributed by atoms with Crippen LogP contribution in [0, 0.1) is 17.3 Å². The number of benzene rings is 2. The molecule has 2 aromatic heterocycles. The molecule has 7 aliphatic heterocycles. The van der Waals surface area contributed by atoms with E-state index in [1.165, 1.54) is 0 Å². The molecule has 3 aliphatic carbocycles. The number of aromatic nitrogens is 3. The number of fused-ring (bicyclic) bond motifs is 4. The first-order valence-electron chi connectivity index (χ1n) is 32.9. The fraction of sp³-hybridized carbons (Fsp3) is 0.642. The van der Waals surface area contributed by atoms with E-state index in [1.807, 2.05) is 78.1 Å². The average molecular weight is 1210 g/mol. The molecular weight excluding hydrogens is 1120 g/mol. The summed E-state index contributed by atoms with van der Waals surface area (Å²) in [5.74, 6) is 2.65. The van der Waals surface area contributed by atoms with E-state index in [-0.39, 0.29) is 59.1 Å². The summed E-state index contributed by atoms with van der Waals surface area (Å²) < 4.78 is 12.9. The average Bonchev–Trinajstić information content (AvgIpc) is 1.58. The number of H-pyrrole nitrogens is 1. The van der Waals surface area contributed by atoms with Crippen LogP contribution in [0.4, 0.5) is 10.6 Å². The van der Waals surface area contributed by atoms with Crippen molar-refractivity contribution in [1.29, 1.82) is 0 Å². The topological polar surface area (TPSA) is 194 Å². The highest BCUT2D eigenvalue weighted by atomic mass is 35.5. The number of halogens is 1. The van der Waals surface area contributed by atoms with Gasteiger partial charge in [0.05, 0.1) is 23.0 Å². The quantitative estimate of drug-likeness (QED) is 0.104. The van der Waals surface area contributed by atoms with E-state index in [1.54, 1.807) is 6.33 Å².